The third kappa shape index (κ3) is 3.18. The summed E-state index contributed by atoms with van der Waals surface area (Å²) in [5.41, 5.74) is 1.25. The van der Waals surface area contributed by atoms with Crippen LogP contribution in [0.2, 0.25) is 0 Å². The van der Waals surface area contributed by atoms with Gasteiger partial charge in [0.25, 0.3) is 10.0 Å². The number of benzene rings is 1. The van der Waals surface area contributed by atoms with Crippen LogP contribution in [-0.2, 0) is 17.1 Å². The Balaban J connectivity index is 2.06. The van der Waals surface area contributed by atoms with Crippen molar-refractivity contribution in [3.8, 4) is 0 Å². The number of likely N-dealkylation sites (tertiary alicyclic amines) is 1. The summed E-state index contributed by atoms with van der Waals surface area (Å²) >= 11 is 0. The molecule has 1 saturated heterocycles. The van der Waals surface area contributed by atoms with E-state index in [4.69, 9.17) is 0 Å². The van der Waals surface area contributed by atoms with Crippen LogP contribution in [0.4, 0.5) is 5.69 Å². The predicted octanol–water partition coefficient (Wildman–Crippen LogP) is 2.02. The monoisotopic (exact) mass is 348 g/mol. The van der Waals surface area contributed by atoms with Crippen molar-refractivity contribution in [1.29, 1.82) is 0 Å². The van der Waals surface area contributed by atoms with E-state index in [0.717, 1.165) is 31.6 Å². The van der Waals surface area contributed by atoms with Crippen molar-refractivity contribution in [1.82, 2.24) is 14.7 Å². The second kappa shape index (κ2) is 6.57. The van der Waals surface area contributed by atoms with E-state index in [1.165, 1.54) is 0 Å². The van der Waals surface area contributed by atoms with Gasteiger partial charge in [-0.05, 0) is 52.0 Å². The van der Waals surface area contributed by atoms with Gasteiger partial charge in [0.15, 0.2) is 0 Å². The number of sulfonamides is 1. The molecule has 0 atom stereocenters. The lowest BCUT2D eigenvalue weighted by Gasteiger charge is -2.37. The fourth-order valence-electron chi connectivity index (χ4n) is 3.29. The molecule has 0 saturated carbocycles. The minimum Gasteiger partial charge on any atom is -0.306 e. The van der Waals surface area contributed by atoms with Crippen molar-refractivity contribution in [2.45, 2.75) is 30.7 Å². The van der Waals surface area contributed by atoms with Gasteiger partial charge in [0.2, 0.25) is 0 Å². The topological polar surface area (TPSA) is 58.4 Å². The Morgan fingerprint density at radius 3 is 2.29 bits per heavy atom. The minimum atomic E-state index is -3.65. The Kier molecular flexibility index (Phi) is 4.64. The molecule has 0 unspecified atom stereocenters. The van der Waals surface area contributed by atoms with E-state index in [1.54, 1.807) is 29.2 Å². The molecule has 130 valence electrons. The fraction of sp³-hybridized carbons (Fsp3) is 0.471. The molecule has 0 amide bonds. The number of rotatable bonds is 4. The van der Waals surface area contributed by atoms with E-state index in [1.807, 2.05) is 30.3 Å². The number of nitrogens with zero attached hydrogens (tertiary/aromatic N) is 4. The van der Waals surface area contributed by atoms with Gasteiger partial charge in [-0.15, -0.1) is 0 Å². The molecular weight excluding hydrogens is 324 g/mol. The number of aryl methyl sites for hydroxylation is 2. The first-order valence-corrected chi connectivity index (χ1v) is 9.62. The van der Waals surface area contributed by atoms with E-state index in [2.05, 4.69) is 17.0 Å². The third-order valence-corrected chi connectivity index (χ3v) is 6.52. The van der Waals surface area contributed by atoms with Crippen molar-refractivity contribution in [2.24, 2.45) is 7.05 Å². The molecule has 1 aromatic carbocycles. The van der Waals surface area contributed by atoms with E-state index >= 15 is 0 Å². The zero-order valence-corrected chi connectivity index (χ0v) is 15.2. The van der Waals surface area contributed by atoms with Gasteiger partial charge in [0.05, 0.1) is 11.4 Å². The summed E-state index contributed by atoms with van der Waals surface area (Å²) in [6, 6.07) is 9.35. The van der Waals surface area contributed by atoms with Crippen LogP contribution in [0.5, 0.6) is 0 Å². The average Bonchev–Trinajstić information content (AvgIpc) is 2.90. The fourth-order valence-corrected chi connectivity index (χ4v) is 5.20. The molecular formula is C17H24N4O2S. The SMILES string of the molecule is Cc1nn(C)cc1S(=O)(=O)N(c1ccccc1)C1CCN(C)CC1. The highest BCUT2D eigenvalue weighted by Crippen LogP contribution is 2.31. The third-order valence-electron chi connectivity index (χ3n) is 4.54. The molecule has 7 heteroatoms. The maximum Gasteiger partial charge on any atom is 0.267 e. The summed E-state index contributed by atoms with van der Waals surface area (Å²) < 4.78 is 30.0. The average molecular weight is 348 g/mol. The van der Waals surface area contributed by atoms with Crippen LogP contribution >= 0.6 is 0 Å². The largest absolute Gasteiger partial charge is 0.306 e. The number of hydrogen-bond donors (Lipinski definition) is 0. The Hall–Kier alpha value is -1.86. The quantitative estimate of drug-likeness (QED) is 0.848. The summed E-state index contributed by atoms with van der Waals surface area (Å²) in [6.45, 7) is 3.54. The number of anilines is 1. The molecule has 3 rings (SSSR count). The highest BCUT2D eigenvalue weighted by atomic mass is 32.2. The first-order chi connectivity index (χ1) is 11.4. The van der Waals surface area contributed by atoms with Gasteiger partial charge in [-0.25, -0.2) is 8.42 Å². The lowest BCUT2D eigenvalue weighted by Crippen LogP contribution is -2.46. The second-order valence-corrected chi connectivity index (χ2v) is 8.21. The maximum absolute atomic E-state index is 13.4. The lowest BCUT2D eigenvalue weighted by atomic mass is 10.1. The molecule has 6 nitrogen and oxygen atoms in total. The van der Waals surface area contributed by atoms with Crippen molar-refractivity contribution in [3.63, 3.8) is 0 Å². The van der Waals surface area contributed by atoms with Crippen molar-refractivity contribution >= 4 is 15.7 Å². The predicted molar refractivity (Wildman–Crippen MR) is 94.6 cm³/mol. The standard InChI is InChI=1S/C17H24N4O2S/c1-14-17(13-20(3)18-14)24(22,23)21(15-7-5-4-6-8-15)16-9-11-19(2)12-10-16/h4-8,13,16H,9-12H2,1-3H3. The maximum atomic E-state index is 13.4. The molecule has 0 N–H and O–H groups in total. The normalized spacial score (nSPS) is 17.1. The smallest absolute Gasteiger partial charge is 0.267 e. The van der Waals surface area contributed by atoms with Crippen LogP contribution in [0.3, 0.4) is 0 Å². The van der Waals surface area contributed by atoms with E-state index in [-0.39, 0.29) is 10.9 Å². The molecule has 0 spiro atoms. The van der Waals surface area contributed by atoms with Gasteiger partial charge in [-0.2, -0.15) is 5.10 Å². The molecule has 0 bridgehead atoms. The van der Waals surface area contributed by atoms with Gasteiger partial charge in [-0.1, -0.05) is 18.2 Å². The summed E-state index contributed by atoms with van der Waals surface area (Å²) in [5.74, 6) is 0. The van der Waals surface area contributed by atoms with E-state index in [0.29, 0.717) is 5.69 Å². The molecule has 1 fully saturated rings. The van der Waals surface area contributed by atoms with Gasteiger partial charge in [-0.3, -0.25) is 8.99 Å². The Bertz CT molecular complexity index is 793. The van der Waals surface area contributed by atoms with Crippen LogP contribution in [0.15, 0.2) is 41.4 Å². The van der Waals surface area contributed by atoms with Gasteiger partial charge in [0, 0.05) is 19.3 Å². The molecule has 0 aliphatic carbocycles. The summed E-state index contributed by atoms with van der Waals surface area (Å²) in [7, 11) is 0.167. The first-order valence-electron chi connectivity index (χ1n) is 8.18. The lowest BCUT2D eigenvalue weighted by molar-refractivity contribution is 0.257. The molecule has 2 heterocycles. The number of aromatic nitrogens is 2. The highest BCUT2D eigenvalue weighted by molar-refractivity contribution is 7.93. The molecule has 1 aromatic heterocycles. The molecule has 1 aliphatic heterocycles. The highest BCUT2D eigenvalue weighted by Gasteiger charge is 2.35. The number of hydrogen-bond acceptors (Lipinski definition) is 4. The van der Waals surface area contributed by atoms with Crippen LogP contribution in [0.1, 0.15) is 18.5 Å². The molecule has 2 aromatic rings. The molecule has 24 heavy (non-hydrogen) atoms. The molecule has 1 aliphatic rings. The van der Waals surface area contributed by atoms with E-state index in [9.17, 15) is 8.42 Å². The Morgan fingerprint density at radius 2 is 1.75 bits per heavy atom. The number of para-hydroxylation sites is 1. The second-order valence-electron chi connectivity index (χ2n) is 6.42. The van der Waals surface area contributed by atoms with Gasteiger partial charge in [0.1, 0.15) is 4.90 Å². The van der Waals surface area contributed by atoms with Crippen molar-refractivity contribution in [3.05, 3.63) is 42.2 Å². The van der Waals surface area contributed by atoms with Crippen molar-refractivity contribution < 1.29 is 8.42 Å². The van der Waals surface area contributed by atoms with Crippen LogP contribution < -0.4 is 4.31 Å². The van der Waals surface area contributed by atoms with Gasteiger partial charge >= 0.3 is 0 Å². The van der Waals surface area contributed by atoms with Gasteiger partial charge < -0.3 is 4.90 Å². The first kappa shape index (κ1) is 17.0. The summed E-state index contributed by atoms with van der Waals surface area (Å²) in [6.07, 6.45) is 3.24. The zero-order chi connectivity index (χ0) is 17.3. The Labute approximate surface area is 143 Å². The van der Waals surface area contributed by atoms with Crippen molar-refractivity contribution in [2.75, 3.05) is 24.4 Å². The van der Waals surface area contributed by atoms with Crippen LogP contribution in [-0.4, -0.2) is 49.3 Å². The summed E-state index contributed by atoms with van der Waals surface area (Å²) in [4.78, 5) is 2.52. The van der Waals surface area contributed by atoms with Crippen LogP contribution in [0, 0.1) is 6.92 Å². The van der Waals surface area contributed by atoms with E-state index < -0.39 is 10.0 Å². The zero-order valence-electron chi connectivity index (χ0n) is 14.4. The minimum absolute atomic E-state index is 0.0341. The summed E-state index contributed by atoms with van der Waals surface area (Å²) in [5, 5.41) is 4.21. The number of piperidine rings is 1. The molecule has 0 radical (unpaired) electrons. The Morgan fingerprint density at radius 1 is 1.12 bits per heavy atom. The van der Waals surface area contributed by atoms with Crippen LogP contribution in [0.25, 0.3) is 0 Å².